The van der Waals surface area contributed by atoms with Crippen LogP contribution in [0.2, 0.25) is 5.02 Å². The topological polar surface area (TPSA) is 55.6 Å². The van der Waals surface area contributed by atoms with Gasteiger partial charge in [0, 0.05) is 38.6 Å². The number of hydrogen-bond acceptors (Lipinski definition) is 4. The third-order valence-corrected chi connectivity index (χ3v) is 4.08. The van der Waals surface area contributed by atoms with E-state index >= 15 is 0 Å². The quantitative estimate of drug-likeness (QED) is 0.673. The maximum absolute atomic E-state index is 12.5. The molecule has 0 aliphatic carbocycles. The molecule has 0 fully saturated rings. The third kappa shape index (κ3) is 5.87. The van der Waals surface area contributed by atoms with Gasteiger partial charge in [0.1, 0.15) is 0 Å². The van der Waals surface area contributed by atoms with Crippen molar-refractivity contribution < 1.29 is 13.9 Å². The van der Waals surface area contributed by atoms with Gasteiger partial charge in [-0.25, -0.2) is 4.98 Å². The maximum Gasteiger partial charge on any atom is 0.223 e. The molecule has 1 aromatic carbocycles. The number of carbonyl (C=O) groups excluding carboxylic acids is 1. The summed E-state index contributed by atoms with van der Waals surface area (Å²) < 4.78 is 10.8. The highest BCUT2D eigenvalue weighted by atomic mass is 35.5. The molecule has 0 bridgehead atoms. The minimum Gasteiger partial charge on any atom is -0.441 e. The van der Waals surface area contributed by atoms with E-state index in [-0.39, 0.29) is 5.91 Å². The Hall–Kier alpha value is -1.85. The number of ether oxygens (including phenoxy) is 1. The highest BCUT2D eigenvalue weighted by molar-refractivity contribution is 6.33. The second kappa shape index (κ2) is 9.59. The molecule has 0 N–H and O–H groups in total. The molecule has 25 heavy (non-hydrogen) atoms. The van der Waals surface area contributed by atoms with E-state index in [0.717, 1.165) is 12.1 Å². The number of aromatic nitrogens is 1. The first-order valence-corrected chi connectivity index (χ1v) is 8.85. The van der Waals surface area contributed by atoms with Gasteiger partial charge in [0.2, 0.25) is 5.91 Å². The minimum absolute atomic E-state index is 0.0863. The van der Waals surface area contributed by atoms with Crippen molar-refractivity contribution in [2.45, 2.75) is 26.7 Å². The monoisotopic (exact) mass is 364 g/mol. The number of nitrogens with zero attached hydrogens (tertiary/aromatic N) is 2. The van der Waals surface area contributed by atoms with E-state index in [4.69, 9.17) is 20.8 Å². The lowest BCUT2D eigenvalue weighted by molar-refractivity contribution is -0.132. The molecule has 0 saturated heterocycles. The second-order valence-corrected chi connectivity index (χ2v) is 6.73. The maximum atomic E-state index is 12.5. The Balaban J connectivity index is 1.96. The van der Waals surface area contributed by atoms with Crippen LogP contribution >= 0.6 is 11.6 Å². The number of amides is 1. The smallest absolute Gasteiger partial charge is 0.223 e. The van der Waals surface area contributed by atoms with E-state index < -0.39 is 0 Å². The van der Waals surface area contributed by atoms with Crippen molar-refractivity contribution in [3.63, 3.8) is 0 Å². The van der Waals surface area contributed by atoms with Gasteiger partial charge in [0.05, 0.1) is 17.8 Å². The van der Waals surface area contributed by atoms with Crippen molar-refractivity contribution in [1.82, 2.24) is 9.88 Å². The summed E-state index contributed by atoms with van der Waals surface area (Å²) in [4.78, 5) is 18.6. The molecule has 0 saturated carbocycles. The fourth-order valence-electron chi connectivity index (χ4n) is 2.54. The first-order valence-electron chi connectivity index (χ1n) is 8.47. The zero-order valence-electron chi connectivity index (χ0n) is 15.0. The zero-order chi connectivity index (χ0) is 18.2. The summed E-state index contributed by atoms with van der Waals surface area (Å²) in [5.41, 5.74) is 0.802. The van der Waals surface area contributed by atoms with Crippen molar-refractivity contribution >= 4 is 17.5 Å². The molecule has 0 atom stereocenters. The molecule has 0 unspecified atom stereocenters. The van der Waals surface area contributed by atoms with Gasteiger partial charge < -0.3 is 14.1 Å². The summed E-state index contributed by atoms with van der Waals surface area (Å²) in [5, 5.41) is 0.615. The molecule has 2 aromatic rings. The standard InChI is InChI=1S/C19H25ClN2O3/c1-14(2)13-22(10-11-24-3)19(23)9-8-18-21-12-17(25-18)15-6-4-5-7-16(15)20/h4-7,12,14H,8-11,13H2,1-3H3. The Morgan fingerprint density at radius 2 is 2.12 bits per heavy atom. The Morgan fingerprint density at radius 3 is 2.80 bits per heavy atom. The lowest BCUT2D eigenvalue weighted by Gasteiger charge is -2.24. The fourth-order valence-corrected chi connectivity index (χ4v) is 2.77. The third-order valence-electron chi connectivity index (χ3n) is 3.75. The molecule has 6 heteroatoms. The largest absolute Gasteiger partial charge is 0.441 e. The van der Waals surface area contributed by atoms with E-state index in [9.17, 15) is 4.79 Å². The van der Waals surface area contributed by atoms with Crippen LogP contribution in [-0.4, -0.2) is 42.6 Å². The van der Waals surface area contributed by atoms with Crippen LogP contribution in [0.1, 0.15) is 26.2 Å². The van der Waals surface area contributed by atoms with Crippen molar-refractivity contribution in [2.24, 2.45) is 5.92 Å². The minimum atomic E-state index is 0.0863. The Kier molecular flexibility index (Phi) is 7.47. The molecular weight excluding hydrogens is 340 g/mol. The molecule has 0 radical (unpaired) electrons. The first kappa shape index (κ1) is 19.5. The summed E-state index contributed by atoms with van der Waals surface area (Å²) in [6.45, 7) is 6.05. The van der Waals surface area contributed by atoms with Crippen LogP contribution in [-0.2, 0) is 16.0 Å². The van der Waals surface area contributed by atoms with Crippen LogP contribution in [0.4, 0.5) is 0 Å². The highest BCUT2D eigenvalue weighted by Gasteiger charge is 2.16. The van der Waals surface area contributed by atoms with Crippen molar-refractivity contribution in [1.29, 1.82) is 0 Å². The van der Waals surface area contributed by atoms with Gasteiger partial charge in [0.15, 0.2) is 11.7 Å². The van der Waals surface area contributed by atoms with Gasteiger partial charge in [-0.1, -0.05) is 37.6 Å². The number of hydrogen-bond donors (Lipinski definition) is 0. The van der Waals surface area contributed by atoms with E-state index in [0.29, 0.717) is 48.6 Å². The molecule has 136 valence electrons. The Morgan fingerprint density at radius 1 is 1.36 bits per heavy atom. The van der Waals surface area contributed by atoms with Gasteiger partial charge in [-0.3, -0.25) is 4.79 Å². The number of benzene rings is 1. The predicted molar refractivity (Wildman–Crippen MR) is 98.6 cm³/mol. The van der Waals surface area contributed by atoms with Crippen molar-refractivity contribution in [3.8, 4) is 11.3 Å². The number of rotatable bonds is 9. The lowest BCUT2D eigenvalue weighted by Crippen LogP contribution is -2.36. The fraction of sp³-hybridized carbons (Fsp3) is 0.474. The number of methoxy groups -OCH3 is 1. The highest BCUT2D eigenvalue weighted by Crippen LogP contribution is 2.28. The molecule has 2 rings (SSSR count). The number of oxazole rings is 1. The molecule has 5 nitrogen and oxygen atoms in total. The molecule has 0 aliphatic heterocycles. The number of halogens is 1. The molecule has 1 heterocycles. The predicted octanol–water partition coefficient (Wildman–Crippen LogP) is 4.06. The van der Waals surface area contributed by atoms with Gasteiger partial charge in [0.25, 0.3) is 0 Å². The normalized spacial score (nSPS) is 11.1. The second-order valence-electron chi connectivity index (χ2n) is 6.32. The van der Waals surface area contributed by atoms with Crippen LogP contribution in [0.25, 0.3) is 11.3 Å². The van der Waals surface area contributed by atoms with Crippen LogP contribution in [0, 0.1) is 5.92 Å². The molecule has 1 aromatic heterocycles. The van der Waals surface area contributed by atoms with Crippen LogP contribution in [0.5, 0.6) is 0 Å². The zero-order valence-corrected chi connectivity index (χ0v) is 15.8. The average Bonchev–Trinajstić information content (AvgIpc) is 3.05. The summed E-state index contributed by atoms with van der Waals surface area (Å²) in [6.07, 6.45) is 2.47. The summed E-state index contributed by atoms with van der Waals surface area (Å²) in [5.74, 6) is 1.66. The number of aryl methyl sites for hydroxylation is 1. The lowest BCUT2D eigenvalue weighted by atomic mass is 10.2. The molecule has 1 amide bonds. The molecule has 0 aliphatic rings. The Bertz CT molecular complexity index is 685. The van der Waals surface area contributed by atoms with Crippen LogP contribution < -0.4 is 0 Å². The number of carbonyl (C=O) groups is 1. The average molecular weight is 365 g/mol. The van der Waals surface area contributed by atoms with Crippen molar-refractivity contribution in [3.05, 3.63) is 41.4 Å². The summed E-state index contributed by atoms with van der Waals surface area (Å²) in [6, 6.07) is 7.45. The SMILES string of the molecule is COCCN(CC(C)C)C(=O)CCc1ncc(-c2ccccc2Cl)o1. The van der Waals surface area contributed by atoms with Gasteiger partial charge in [-0.15, -0.1) is 0 Å². The van der Waals surface area contributed by atoms with Gasteiger partial charge in [-0.2, -0.15) is 0 Å². The van der Waals surface area contributed by atoms with Crippen LogP contribution in [0.3, 0.4) is 0 Å². The van der Waals surface area contributed by atoms with E-state index in [1.165, 1.54) is 0 Å². The van der Waals surface area contributed by atoms with E-state index in [1.54, 1.807) is 13.3 Å². The van der Waals surface area contributed by atoms with Gasteiger partial charge in [-0.05, 0) is 18.1 Å². The summed E-state index contributed by atoms with van der Waals surface area (Å²) in [7, 11) is 1.64. The molecular formula is C19H25ClN2O3. The summed E-state index contributed by atoms with van der Waals surface area (Å²) >= 11 is 6.17. The van der Waals surface area contributed by atoms with E-state index in [1.807, 2.05) is 29.2 Å². The first-order chi connectivity index (χ1) is 12.0. The van der Waals surface area contributed by atoms with E-state index in [2.05, 4.69) is 18.8 Å². The van der Waals surface area contributed by atoms with Gasteiger partial charge >= 0.3 is 0 Å². The van der Waals surface area contributed by atoms with Crippen molar-refractivity contribution in [2.75, 3.05) is 26.8 Å². The van der Waals surface area contributed by atoms with Crippen LogP contribution in [0.15, 0.2) is 34.9 Å². The Labute approximate surface area is 153 Å². The molecule has 0 spiro atoms.